The number of aliphatic hydroxyl groups is 1. The molecule has 0 aromatic carbocycles. The summed E-state index contributed by atoms with van der Waals surface area (Å²) < 4.78 is 5.08. The molecule has 0 spiro atoms. The van der Waals surface area contributed by atoms with E-state index >= 15 is 0 Å². The van der Waals surface area contributed by atoms with Gasteiger partial charge >= 0.3 is 0 Å². The molecule has 2 heterocycles. The van der Waals surface area contributed by atoms with Crippen LogP contribution in [-0.2, 0) is 6.42 Å². The van der Waals surface area contributed by atoms with Crippen molar-refractivity contribution in [2.45, 2.75) is 25.4 Å². The van der Waals surface area contributed by atoms with E-state index in [4.69, 9.17) is 4.52 Å². The Balaban J connectivity index is 1.74. The van der Waals surface area contributed by atoms with Gasteiger partial charge in [0.25, 0.3) is 0 Å². The van der Waals surface area contributed by atoms with Gasteiger partial charge in [-0.05, 0) is 18.8 Å². The highest BCUT2D eigenvalue weighted by atomic mass is 16.5. The molecule has 1 aliphatic carbocycles. The van der Waals surface area contributed by atoms with Crippen molar-refractivity contribution in [2.24, 2.45) is 5.92 Å². The van der Waals surface area contributed by atoms with Gasteiger partial charge in [-0.1, -0.05) is 5.16 Å². The van der Waals surface area contributed by atoms with Crippen LogP contribution in [0.25, 0.3) is 11.5 Å². The molecule has 1 saturated carbocycles. The molecule has 0 amide bonds. The second-order valence-electron chi connectivity index (χ2n) is 4.21. The van der Waals surface area contributed by atoms with Gasteiger partial charge in [0.15, 0.2) is 0 Å². The number of hydrogen-bond donors (Lipinski definition) is 1. The average molecular weight is 232 g/mol. The van der Waals surface area contributed by atoms with Crippen LogP contribution >= 0.6 is 0 Å². The zero-order valence-corrected chi connectivity index (χ0v) is 9.15. The Hall–Kier alpha value is -1.82. The molecule has 88 valence electrons. The zero-order chi connectivity index (χ0) is 11.7. The van der Waals surface area contributed by atoms with E-state index in [1.54, 1.807) is 18.6 Å². The molecule has 1 unspecified atom stereocenters. The minimum atomic E-state index is -0.370. The molecule has 2 aromatic rings. The smallest absolute Gasteiger partial charge is 0.229 e. The van der Waals surface area contributed by atoms with Crippen LogP contribution < -0.4 is 0 Å². The SMILES string of the molecule is OC(Cc1nc(-c2cnccn2)no1)C1CC1. The van der Waals surface area contributed by atoms with E-state index in [1.165, 1.54) is 0 Å². The first kappa shape index (κ1) is 10.3. The van der Waals surface area contributed by atoms with Crippen molar-refractivity contribution < 1.29 is 9.63 Å². The number of aliphatic hydroxyl groups excluding tert-OH is 1. The van der Waals surface area contributed by atoms with Crippen LogP contribution in [0.15, 0.2) is 23.1 Å². The molecule has 3 rings (SSSR count). The van der Waals surface area contributed by atoms with Gasteiger partial charge < -0.3 is 9.63 Å². The monoisotopic (exact) mass is 232 g/mol. The minimum Gasteiger partial charge on any atom is -0.392 e. The van der Waals surface area contributed by atoms with Crippen molar-refractivity contribution in [3.05, 3.63) is 24.5 Å². The fourth-order valence-corrected chi connectivity index (χ4v) is 1.68. The third kappa shape index (κ3) is 2.31. The van der Waals surface area contributed by atoms with Crippen molar-refractivity contribution >= 4 is 0 Å². The van der Waals surface area contributed by atoms with Crippen LogP contribution in [0.1, 0.15) is 18.7 Å². The Morgan fingerprint density at radius 3 is 3.00 bits per heavy atom. The van der Waals surface area contributed by atoms with Gasteiger partial charge in [-0.3, -0.25) is 4.98 Å². The first-order valence-corrected chi connectivity index (χ1v) is 5.60. The van der Waals surface area contributed by atoms with E-state index in [2.05, 4.69) is 20.1 Å². The number of rotatable bonds is 4. The molecule has 17 heavy (non-hydrogen) atoms. The first-order valence-electron chi connectivity index (χ1n) is 5.60. The first-order chi connectivity index (χ1) is 8.33. The number of hydrogen-bond acceptors (Lipinski definition) is 6. The second-order valence-corrected chi connectivity index (χ2v) is 4.21. The molecule has 2 aromatic heterocycles. The largest absolute Gasteiger partial charge is 0.392 e. The van der Waals surface area contributed by atoms with Gasteiger partial charge in [-0.15, -0.1) is 0 Å². The Morgan fingerprint density at radius 1 is 1.41 bits per heavy atom. The van der Waals surface area contributed by atoms with Crippen LogP contribution in [0.3, 0.4) is 0 Å². The maximum Gasteiger partial charge on any atom is 0.229 e. The molecule has 0 saturated heterocycles. The van der Waals surface area contributed by atoms with Gasteiger partial charge in [0.1, 0.15) is 5.69 Å². The Morgan fingerprint density at radius 2 is 2.29 bits per heavy atom. The molecule has 6 nitrogen and oxygen atoms in total. The summed E-state index contributed by atoms with van der Waals surface area (Å²) in [5.74, 6) is 1.27. The molecule has 0 aliphatic heterocycles. The Bertz CT molecular complexity index is 495. The van der Waals surface area contributed by atoms with Crippen LogP contribution in [0.2, 0.25) is 0 Å². The molecule has 6 heteroatoms. The summed E-state index contributed by atoms with van der Waals surface area (Å²) in [5, 5.41) is 13.6. The second kappa shape index (κ2) is 4.21. The van der Waals surface area contributed by atoms with Gasteiger partial charge in [0.05, 0.1) is 18.7 Å². The summed E-state index contributed by atoms with van der Waals surface area (Å²) in [5.41, 5.74) is 0.573. The Labute approximate surface area is 97.7 Å². The molecule has 1 fully saturated rings. The van der Waals surface area contributed by atoms with E-state index in [0.717, 1.165) is 12.8 Å². The van der Waals surface area contributed by atoms with Crippen molar-refractivity contribution in [3.8, 4) is 11.5 Å². The van der Waals surface area contributed by atoms with Gasteiger partial charge in [0, 0.05) is 12.4 Å². The predicted octanol–water partition coefficient (Wildman–Crippen LogP) is 0.840. The standard InChI is InChI=1S/C11H12N4O2/c16-9(7-1-2-7)5-10-14-11(15-17-10)8-6-12-3-4-13-8/h3-4,6-7,9,16H,1-2,5H2. The fraction of sp³-hybridized carbons (Fsp3) is 0.455. The van der Waals surface area contributed by atoms with Crippen LogP contribution in [0.4, 0.5) is 0 Å². The lowest BCUT2D eigenvalue weighted by Gasteiger charge is -2.03. The summed E-state index contributed by atoms with van der Waals surface area (Å²) >= 11 is 0. The predicted molar refractivity (Wildman–Crippen MR) is 57.8 cm³/mol. The van der Waals surface area contributed by atoms with Crippen LogP contribution in [-0.4, -0.2) is 31.3 Å². The maximum absolute atomic E-state index is 9.77. The molecule has 1 N–H and O–H groups in total. The summed E-state index contributed by atoms with van der Waals surface area (Å²) in [7, 11) is 0. The van der Waals surface area contributed by atoms with Gasteiger partial charge in [-0.25, -0.2) is 4.98 Å². The molecule has 0 bridgehead atoms. The van der Waals surface area contributed by atoms with Gasteiger partial charge in [0.2, 0.25) is 11.7 Å². The van der Waals surface area contributed by atoms with Crippen molar-refractivity contribution in [1.29, 1.82) is 0 Å². The maximum atomic E-state index is 9.77. The highest BCUT2D eigenvalue weighted by molar-refractivity contribution is 5.45. The third-order valence-corrected chi connectivity index (χ3v) is 2.81. The lowest BCUT2D eigenvalue weighted by atomic mass is 10.2. The minimum absolute atomic E-state index is 0.370. The van der Waals surface area contributed by atoms with E-state index in [9.17, 15) is 5.11 Å². The quantitative estimate of drug-likeness (QED) is 0.840. The summed E-state index contributed by atoms with van der Waals surface area (Å²) in [6, 6.07) is 0. The van der Waals surface area contributed by atoms with E-state index in [0.29, 0.717) is 29.7 Å². The topological polar surface area (TPSA) is 84.9 Å². The highest BCUT2D eigenvalue weighted by Crippen LogP contribution is 2.33. The molecular weight excluding hydrogens is 220 g/mol. The van der Waals surface area contributed by atoms with Crippen LogP contribution in [0.5, 0.6) is 0 Å². The third-order valence-electron chi connectivity index (χ3n) is 2.81. The van der Waals surface area contributed by atoms with E-state index in [1.807, 2.05) is 0 Å². The lowest BCUT2D eigenvalue weighted by Crippen LogP contribution is -2.12. The fourth-order valence-electron chi connectivity index (χ4n) is 1.68. The Kier molecular flexibility index (Phi) is 2.56. The molecule has 0 radical (unpaired) electrons. The normalized spacial score (nSPS) is 17.0. The van der Waals surface area contributed by atoms with E-state index < -0.39 is 0 Å². The molecular formula is C11H12N4O2. The zero-order valence-electron chi connectivity index (χ0n) is 9.15. The van der Waals surface area contributed by atoms with Crippen LogP contribution in [0, 0.1) is 5.92 Å². The summed E-state index contributed by atoms with van der Waals surface area (Å²) in [4.78, 5) is 12.2. The number of nitrogens with zero attached hydrogens (tertiary/aromatic N) is 4. The van der Waals surface area contributed by atoms with Crippen molar-refractivity contribution in [1.82, 2.24) is 20.1 Å². The van der Waals surface area contributed by atoms with Gasteiger partial charge in [-0.2, -0.15) is 4.98 Å². The summed E-state index contributed by atoms with van der Waals surface area (Å²) in [6.45, 7) is 0. The average Bonchev–Trinajstić information content (AvgIpc) is 3.12. The van der Waals surface area contributed by atoms with Crippen molar-refractivity contribution in [2.75, 3.05) is 0 Å². The molecule has 1 atom stereocenters. The number of aromatic nitrogens is 4. The lowest BCUT2D eigenvalue weighted by molar-refractivity contribution is 0.140. The van der Waals surface area contributed by atoms with Crippen molar-refractivity contribution in [3.63, 3.8) is 0 Å². The highest BCUT2D eigenvalue weighted by Gasteiger charge is 2.31. The molecule has 1 aliphatic rings. The van der Waals surface area contributed by atoms with E-state index in [-0.39, 0.29) is 6.10 Å². The summed E-state index contributed by atoms with van der Waals surface area (Å²) in [6.07, 6.45) is 6.96.